The van der Waals surface area contributed by atoms with E-state index in [2.05, 4.69) is 0 Å². The van der Waals surface area contributed by atoms with Crippen LogP contribution in [0.4, 0.5) is 0 Å². The summed E-state index contributed by atoms with van der Waals surface area (Å²) in [5, 5.41) is 0. The second-order valence-corrected chi connectivity index (χ2v) is 4.84. The summed E-state index contributed by atoms with van der Waals surface area (Å²) in [4.78, 5) is 14.2. The van der Waals surface area contributed by atoms with Crippen LogP contribution < -0.4 is 0 Å². The summed E-state index contributed by atoms with van der Waals surface area (Å²) >= 11 is 5.68. The monoisotopic (exact) mass is 257 g/mol. The van der Waals surface area contributed by atoms with Crippen LogP contribution in [0.5, 0.6) is 0 Å². The van der Waals surface area contributed by atoms with E-state index in [1.54, 1.807) is 6.07 Å². The minimum absolute atomic E-state index is 0.0273. The zero-order chi connectivity index (χ0) is 13.0. The summed E-state index contributed by atoms with van der Waals surface area (Å²) in [6.07, 6.45) is 0.807. The van der Waals surface area contributed by atoms with Gasteiger partial charge >= 0.3 is 0 Å². The quantitative estimate of drug-likeness (QED) is 0.758. The van der Waals surface area contributed by atoms with Crippen molar-refractivity contribution >= 4 is 17.5 Å². The first-order chi connectivity index (χ1) is 7.97. The largest absolute Gasteiger partial charge is 0.466 e. The lowest BCUT2D eigenvalue weighted by atomic mass is 10.2. The molecule has 0 radical (unpaired) electrons. The van der Waals surface area contributed by atoms with E-state index in [4.69, 9.17) is 16.0 Å². The highest BCUT2D eigenvalue weighted by molar-refractivity contribution is 6.17. The normalized spacial score (nSPS) is 10.9. The average molecular weight is 258 g/mol. The van der Waals surface area contributed by atoms with Crippen molar-refractivity contribution in [1.29, 1.82) is 0 Å². The zero-order valence-electron chi connectivity index (χ0n) is 10.9. The molecule has 1 aromatic heterocycles. The Labute approximate surface area is 108 Å². The Balaban J connectivity index is 2.87. The number of hydrogen-bond acceptors (Lipinski definition) is 2. The molecule has 1 rings (SSSR count). The number of nitrogens with zero attached hydrogens (tertiary/aromatic N) is 1. The molecule has 0 atom stereocenters. The molecule has 0 saturated heterocycles. The molecule has 0 saturated carbocycles. The first-order valence-corrected chi connectivity index (χ1v) is 6.44. The van der Waals surface area contributed by atoms with Gasteiger partial charge in [-0.05, 0) is 40.2 Å². The molecule has 0 bridgehead atoms. The molecule has 1 aromatic rings. The van der Waals surface area contributed by atoms with Gasteiger partial charge in [0, 0.05) is 18.5 Å². The van der Waals surface area contributed by atoms with Gasteiger partial charge in [-0.2, -0.15) is 0 Å². The fraction of sp³-hybridized carbons (Fsp3) is 0.615. The lowest BCUT2D eigenvalue weighted by Gasteiger charge is -2.26. The third kappa shape index (κ3) is 3.50. The maximum Gasteiger partial charge on any atom is 0.257 e. The number of rotatable bonds is 5. The van der Waals surface area contributed by atoms with Gasteiger partial charge in [-0.3, -0.25) is 4.79 Å². The van der Waals surface area contributed by atoms with Crippen molar-refractivity contribution in [2.45, 2.75) is 40.2 Å². The van der Waals surface area contributed by atoms with Crippen molar-refractivity contribution in [2.24, 2.45) is 0 Å². The Kier molecular flexibility index (Phi) is 5.06. The molecule has 0 aliphatic heterocycles. The second kappa shape index (κ2) is 6.10. The molecule has 0 aliphatic rings. The Hall–Kier alpha value is -0.960. The van der Waals surface area contributed by atoms with E-state index in [1.807, 2.05) is 32.6 Å². The van der Waals surface area contributed by atoms with Crippen LogP contribution >= 0.6 is 11.6 Å². The van der Waals surface area contributed by atoms with E-state index < -0.39 is 0 Å². The number of aryl methyl sites for hydroxylation is 2. The van der Waals surface area contributed by atoms with Crippen molar-refractivity contribution in [3.63, 3.8) is 0 Å². The summed E-state index contributed by atoms with van der Waals surface area (Å²) in [6.45, 7) is 8.37. The minimum Gasteiger partial charge on any atom is -0.466 e. The van der Waals surface area contributed by atoms with Gasteiger partial charge in [0.1, 0.15) is 11.5 Å². The smallest absolute Gasteiger partial charge is 0.257 e. The van der Waals surface area contributed by atoms with Gasteiger partial charge in [-0.1, -0.05) is 0 Å². The Morgan fingerprint density at radius 2 is 2.12 bits per heavy atom. The lowest BCUT2D eigenvalue weighted by Crippen LogP contribution is -2.38. The topological polar surface area (TPSA) is 33.5 Å². The molecule has 0 spiro atoms. The molecular formula is C13H20ClNO2. The van der Waals surface area contributed by atoms with Crippen molar-refractivity contribution < 1.29 is 9.21 Å². The molecule has 0 fully saturated rings. The van der Waals surface area contributed by atoms with Gasteiger partial charge in [0.05, 0.1) is 5.56 Å². The van der Waals surface area contributed by atoms with E-state index in [-0.39, 0.29) is 11.9 Å². The zero-order valence-corrected chi connectivity index (χ0v) is 11.7. The van der Waals surface area contributed by atoms with E-state index in [9.17, 15) is 4.79 Å². The Bertz CT molecular complexity index is 385. The van der Waals surface area contributed by atoms with Crippen LogP contribution in [0, 0.1) is 13.8 Å². The molecule has 0 aromatic carbocycles. The van der Waals surface area contributed by atoms with E-state index >= 15 is 0 Å². The predicted octanol–water partition coefficient (Wildman–Crippen LogP) is 3.38. The van der Waals surface area contributed by atoms with Crippen molar-refractivity contribution in [3.05, 3.63) is 23.2 Å². The molecule has 0 aliphatic carbocycles. The SMILES string of the molecule is Cc1cc(C(=O)N(CCCCl)C(C)C)c(C)o1. The van der Waals surface area contributed by atoms with Gasteiger partial charge in [-0.25, -0.2) is 0 Å². The highest BCUT2D eigenvalue weighted by Crippen LogP contribution is 2.17. The number of alkyl halides is 1. The molecule has 1 amide bonds. The fourth-order valence-corrected chi connectivity index (χ4v) is 1.94. The third-order valence-corrected chi connectivity index (χ3v) is 2.96. The molecule has 96 valence electrons. The Morgan fingerprint density at radius 1 is 1.47 bits per heavy atom. The molecule has 0 N–H and O–H groups in total. The summed E-state index contributed by atoms with van der Waals surface area (Å²) < 4.78 is 5.40. The van der Waals surface area contributed by atoms with Crippen LogP contribution in [0.3, 0.4) is 0 Å². The van der Waals surface area contributed by atoms with Crippen LogP contribution in [0.15, 0.2) is 10.5 Å². The third-order valence-electron chi connectivity index (χ3n) is 2.69. The molecule has 4 heteroatoms. The van der Waals surface area contributed by atoms with Gasteiger partial charge in [0.2, 0.25) is 0 Å². The summed E-state index contributed by atoms with van der Waals surface area (Å²) in [5.74, 6) is 2.05. The van der Waals surface area contributed by atoms with Crippen molar-refractivity contribution in [1.82, 2.24) is 4.90 Å². The van der Waals surface area contributed by atoms with Crippen LogP contribution in [-0.2, 0) is 0 Å². The van der Waals surface area contributed by atoms with Gasteiger partial charge in [0.25, 0.3) is 5.91 Å². The number of furan rings is 1. The number of carbonyl (C=O) groups excluding carboxylic acids is 1. The van der Waals surface area contributed by atoms with E-state index in [1.165, 1.54) is 0 Å². The number of halogens is 1. The number of hydrogen-bond donors (Lipinski definition) is 0. The van der Waals surface area contributed by atoms with E-state index in [0.717, 1.165) is 12.2 Å². The summed E-state index contributed by atoms with van der Waals surface area (Å²) in [7, 11) is 0. The second-order valence-electron chi connectivity index (χ2n) is 4.46. The first-order valence-electron chi connectivity index (χ1n) is 5.91. The van der Waals surface area contributed by atoms with Gasteiger partial charge in [-0.15, -0.1) is 11.6 Å². The summed E-state index contributed by atoms with van der Waals surface area (Å²) in [5.41, 5.74) is 0.658. The lowest BCUT2D eigenvalue weighted by molar-refractivity contribution is 0.0704. The highest BCUT2D eigenvalue weighted by Gasteiger charge is 2.22. The standard InChI is InChI=1S/C13H20ClNO2/c1-9(2)15(7-5-6-14)13(16)12-8-10(3)17-11(12)4/h8-9H,5-7H2,1-4H3. The Morgan fingerprint density at radius 3 is 2.53 bits per heavy atom. The first kappa shape index (κ1) is 14.1. The average Bonchev–Trinajstić information content (AvgIpc) is 2.57. The molecule has 3 nitrogen and oxygen atoms in total. The van der Waals surface area contributed by atoms with Gasteiger partial charge in [0.15, 0.2) is 0 Å². The van der Waals surface area contributed by atoms with Crippen LogP contribution in [0.25, 0.3) is 0 Å². The molecule has 17 heavy (non-hydrogen) atoms. The number of carbonyl (C=O) groups is 1. The van der Waals surface area contributed by atoms with E-state index in [0.29, 0.717) is 23.7 Å². The fourth-order valence-electron chi connectivity index (χ4n) is 1.82. The van der Waals surface area contributed by atoms with Crippen LogP contribution in [0.2, 0.25) is 0 Å². The van der Waals surface area contributed by atoms with Crippen molar-refractivity contribution in [2.75, 3.05) is 12.4 Å². The maximum absolute atomic E-state index is 12.3. The minimum atomic E-state index is 0.0273. The molecular weight excluding hydrogens is 238 g/mol. The number of amides is 1. The highest BCUT2D eigenvalue weighted by atomic mass is 35.5. The maximum atomic E-state index is 12.3. The van der Waals surface area contributed by atoms with Crippen molar-refractivity contribution in [3.8, 4) is 0 Å². The van der Waals surface area contributed by atoms with Gasteiger partial charge < -0.3 is 9.32 Å². The molecule has 0 unspecified atom stereocenters. The van der Waals surface area contributed by atoms with Crippen LogP contribution in [-0.4, -0.2) is 29.3 Å². The predicted molar refractivity (Wildman–Crippen MR) is 69.7 cm³/mol. The summed E-state index contributed by atoms with van der Waals surface area (Å²) in [6, 6.07) is 1.97. The van der Waals surface area contributed by atoms with Crippen LogP contribution in [0.1, 0.15) is 42.1 Å². The molecule has 1 heterocycles.